The van der Waals surface area contributed by atoms with Crippen LogP contribution in [0.25, 0.3) is 0 Å². The van der Waals surface area contributed by atoms with Crippen molar-refractivity contribution >= 4 is 13.5 Å². The molecule has 0 aromatic heterocycles. The lowest BCUT2D eigenvalue weighted by molar-refractivity contribution is 0.109. The summed E-state index contributed by atoms with van der Waals surface area (Å²) >= 11 is 0. The molecule has 6 heteroatoms. The average molecular weight is 288 g/mol. The second-order valence-electron chi connectivity index (χ2n) is 4.10. The summed E-state index contributed by atoms with van der Waals surface area (Å²) < 4.78 is 5.01. The fourth-order valence-corrected chi connectivity index (χ4v) is 1.94. The molecule has 2 fully saturated rings. The topological polar surface area (TPSA) is 110 Å². The number of nitrogens with two attached hydrogens (primary N) is 1. The molecular weight excluding hydrogens is 252 g/mol. The Bertz CT molecular complexity index is 127. The first-order valence-corrected chi connectivity index (χ1v) is 5.92. The van der Waals surface area contributed by atoms with E-state index < -0.39 is 0 Å². The van der Waals surface area contributed by atoms with Crippen LogP contribution in [0.2, 0.25) is 0 Å². The zero-order chi connectivity index (χ0) is 10.1. The molecular formula is C12H36N2O3S. The van der Waals surface area contributed by atoms with Crippen LogP contribution in [0.1, 0.15) is 41.0 Å². The van der Waals surface area contributed by atoms with E-state index in [4.69, 9.17) is 10.5 Å². The summed E-state index contributed by atoms with van der Waals surface area (Å²) in [6.45, 7) is 4.75. The third kappa shape index (κ3) is 14.2. The van der Waals surface area contributed by atoms with E-state index in [2.05, 4.69) is 5.32 Å². The van der Waals surface area contributed by atoms with Crippen molar-refractivity contribution < 1.29 is 17.1 Å². The van der Waals surface area contributed by atoms with Gasteiger partial charge in [0.2, 0.25) is 0 Å². The Morgan fingerprint density at radius 3 is 1.78 bits per heavy atom. The van der Waals surface area contributed by atoms with Crippen molar-refractivity contribution in [3.8, 4) is 0 Å². The Balaban J connectivity index is -0.0000000555. The number of hydrogen-bond acceptors (Lipinski definition) is 3. The highest BCUT2D eigenvalue weighted by atomic mass is 32.1. The largest absolute Gasteiger partial charge is 0.412 e. The lowest BCUT2D eigenvalue weighted by Gasteiger charge is -2.18. The average Bonchev–Trinajstić information content (AvgIpc) is 2.33. The highest BCUT2D eigenvalue weighted by molar-refractivity contribution is 7.59. The van der Waals surface area contributed by atoms with E-state index >= 15 is 0 Å². The van der Waals surface area contributed by atoms with E-state index in [-0.39, 0.29) is 33.3 Å². The first-order valence-electron chi connectivity index (χ1n) is 5.92. The van der Waals surface area contributed by atoms with Gasteiger partial charge in [-0.2, -0.15) is 13.5 Å². The lowest BCUT2D eigenvalue weighted by Crippen LogP contribution is -2.30. The third-order valence-corrected chi connectivity index (χ3v) is 2.90. The Labute approximate surface area is 120 Å². The minimum absolute atomic E-state index is 0. The normalized spacial score (nSPS) is 18.5. The first kappa shape index (κ1) is 26.7. The van der Waals surface area contributed by atoms with Gasteiger partial charge in [-0.1, -0.05) is 26.7 Å². The first-order chi connectivity index (χ1) is 6.93. The van der Waals surface area contributed by atoms with E-state index in [0.29, 0.717) is 0 Å². The van der Waals surface area contributed by atoms with E-state index in [0.717, 1.165) is 38.8 Å². The monoisotopic (exact) mass is 288 g/mol. The fourth-order valence-electron chi connectivity index (χ4n) is 1.94. The minimum Gasteiger partial charge on any atom is -0.412 e. The van der Waals surface area contributed by atoms with Crippen LogP contribution in [0.15, 0.2) is 0 Å². The summed E-state index contributed by atoms with van der Waals surface area (Å²) in [5.41, 5.74) is 5.50. The molecule has 0 amide bonds. The van der Waals surface area contributed by atoms with Gasteiger partial charge in [0.1, 0.15) is 0 Å². The number of rotatable bonds is 1. The Morgan fingerprint density at radius 1 is 1.06 bits per heavy atom. The maximum absolute atomic E-state index is 5.50. The number of morpholine rings is 1. The molecule has 5 nitrogen and oxygen atoms in total. The molecule has 0 spiro atoms. The summed E-state index contributed by atoms with van der Waals surface area (Å²) in [4.78, 5) is 0. The highest BCUT2D eigenvalue weighted by Crippen LogP contribution is 2.21. The van der Waals surface area contributed by atoms with Crippen LogP contribution in [-0.4, -0.2) is 43.8 Å². The predicted molar refractivity (Wildman–Crippen MR) is 85.8 cm³/mol. The lowest BCUT2D eigenvalue weighted by atomic mass is 9.90. The summed E-state index contributed by atoms with van der Waals surface area (Å²) in [6, 6.07) is 0. The van der Waals surface area contributed by atoms with E-state index in [1.54, 1.807) is 0 Å². The smallest absolute Gasteiger partial charge is 0.0591 e. The van der Waals surface area contributed by atoms with Crippen LogP contribution in [0.5, 0.6) is 0 Å². The van der Waals surface area contributed by atoms with Gasteiger partial charge in [0.15, 0.2) is 0 Å². The van der Waals surface area contributed by atoms with Crippen molar-refractivity contribution in [1.29, 1.82) is 0 Å². The quantitative estimate of drug-likeness (QED) is 0.732. The summed E-state index contributed by atoms with van der Waals surface area (Å²) in [6.07, 6.45) is 7.05. The van der Waals surface area contributed by atoms with Crippen LogP contribution < -0.4 is 11.1 Å². The molecule has 0 aromatic carbocycles. The maximum Gasteiger partial charge on any atom is 0.0591 e. The molecule has 0 bridgehead atoms. The second-order valence-corrected chi connectivity index (χ2v) is 4.10. The molecule has 118 valence electrons. The van der Waals surface area contributed by atoms with Crippen molar-refractivity contribution in [2.24, 2.45) is 11.7 Å². The van der Waals surface area contributed by atoms with Crippen molar-refractivity contribution in [3.63, 3.8) is 0 Å². The molecule has 1 heterocycles. The standard InChI is InChI=1S/C7H15N.C4H9NO.CH4.2H2O.H2S.H2/c8-6-7-4-2-1-3-5-7;1-3-6-4-2-5-1;;;;;/h7H,1-6,8H2;5H,1-4H2;1H4;3*1H2;1H. The van der Waals surface area contributed by atoms with Crippen molar-refractivity contribution in [1.82, 2.24) is 5.32 Å². The van der Waals surface area contributed by atoms with Gasteiger partial charge in [-0.05, 0) is 25.3 Å². The van der Waals surface area contributed by atoms with Crippen LogP contribution in [0.3, 0.4) is 0 Å². The van der Waals surface area contributed by atoms with Gasteiger partial charge in [0, 0.05) is 14.5 Å². The Kier molecular flexibility index (Phi) is 28.9. The van der Waals surface area contributed by atoms with E-state index in [1.165, 1.54) is 32.1 Å². The molecule has 2 rings (SSSR count). The van der Waals surface area contributed by atoms with Gasteiger partial charge in [-0.25, -0.2) is 0 Å². The molecule has 2 aliphatic rings. The SMILES string of the molecule is C.C1COCCN1.NCC1CCCCC1.O.O.S.[HH]. The molecule has 1 saturated carbocycles. The number of ether oxygens (including phenoxy) is 1. The fraction of sp³-hybridized carbons (Fsp3) is 1.00. The number of nitrogens with one attached hydrogen (secondary N) is 1. The van der Waals surface area contributed by atoms with Crippen LogP contribution >= 0.6 is 13.5 Å². The molecule has 1 aliphatic heterocycles. The van der Waals surface area contributed by atoms with Gasteiger partial charge in [0.05, 0.1) is 13.2 Å². The zero-order valence-electron chi connectivity index (χ0n) is 10.6. The van der Waals surface area contributed by atoms with Crippen LogP contribution in [0.4, 0.5) is 0 Å². The van der Waals surface area contributed by atoms with Crippen molar-refractivity contribution in [2.45, 2.75) is 39.5 Å². The zero-order valence-corrected chi connectivity index (χ0v) is 11.6. The molecule has 0 unspecified atom stereocenters. The molecule has 1 saturated heterocycles. The predicted octanol–water partition coefficient (Wildman–Crippen LogP) is 0.477. The van der Waals surface area contributed by atoms with Crippen LogP contribution in [-0.2, 0) is 4.74 Å². The van der Waals surface area contributed by atoms with Crippen LogP contribution in [0, 0.1) is 5.92 Å². The number of hydrogen-bond donors (Lipinski definition) is 2. The van der Waals surface area contributed by atoms with Crippen molar-refractivity contribution in [3.05, 3.63) is 0 Å². The highest BCUT2D eigenvalue weighted by Gasteiger charge is 2.09. The molecule has 18 heavy (non-hydrogen) atoms. The molecule has 7 N–H and O–H groups in total. The molecule has 0 radical (unpaired) electrons. The van der Waals surface area contributed by atoms with Gasteiger partial charge < -0.3 is 26.7 Å². The second kappa shape index (κ2) is 19.5. The Morgan fingerprint density at radius 2 is 1.56 bits per heavy atom. The third-order valence-electron chi connectivity index (χ3n) is 2.90. The van der Waals surface area contributed by atoms with Gasteiger partial charge in [0.25, 0.3) is 0 Å². The molecule has 0 aromatic rings. The summed E-state index contributed by atoms with van der Waals surface area (Å²) in [5, 5.41) is 3.16. The van der Waals surface area contributed by atoms with E-state index in [1.807, 2.05) is 0 Å². The maximum atomic E-state index is 5.50. The van der Waals surface area contributed by atoms with Gasteiger partial charge in [-0.3, -0.25) is 0 Å². The van der Waals surface area contributed by atoms with E-state index in [9.17, 15) is 0 Å². The minimum atomic E-state index is 0. The Hall–Kier alpha value is 0.150. The van der Waals surface area contributed by atoms with Crippen molar-refractivity contribution in [2.75, 3.05) is 32.8 Å². The summed E-state index contributed by atoms with van der Waals surface area (Å²) in [5.74, 6) is 0.865. The van der Waals surface area contributed by atoms with Gasteiger partial charge in [-0.15, -0.1) is 0 Å². The molecule has 1 aliphatic carbocycles. The molecule has 0 atom stereocenters. The summed E-state index contributed by atoms with van der Waals surface area (Å²) in [7, 11) is 0. The van der Waals surface area contributed by atoms with Gasteiger partial charge >= 0.3 is 0 Å².